The first-order valence-electron chi connectivity index (χ1n) is 7.71. The van der Waals surface area contributed by atoms with E-state index in [9.17, 15) is 23.2 Å². The molecular formula is C16H14F2N4O3S. The predicted molar refractivity (Wildman–Crippen MR) is 92.2 cm³/mol. The van der Waals surface area contributed by atoms with Gasteiger partial charge in [0.05, 0.1) is 11.5 Å². The van der Waals surface area contributed by atoms with Crippen LogP contribution in [0, 0.1) is 11.6 Å². The molecule has 0 spiro atoms. The molecule has 3 N–H and O–H groups in total. The normalized spacial score (nSPS) is 16.0. The Hall–Kier alpha value is -2.75. The largest absolute Gasteiger partial charge is 0.325 e. The molecule has 136 valence electrons. The predicted octanol–water partition coefficient (Wildman–Crippen LogP) is 2.22. The SMILES string of the molecule is CCSc1nc2c(c(=O)[nH]1)C(C(=O)Nc1cc(F)cc(F)c1)CC(=O)N2. The van der Waals surface area contributed by atoms with Crippen molar-refractivity contribution in [1.82, 2.24) is 9.97 Å². The molecule has 2 amide bonds. The van der Waals surface area contributed by atoms with Gasteiger partial charge in [0, 0.05) is 18.2 Å². The summed E-state index contributed by atoms with van der Waals surface area (Å²) in [5.74, 6) is -3.37. The number of thioether (sulfide) groups is 1. The average molecular weight is 380 g/mol. The van der Waals surface area contributed by atoms with E-state index in [2.05, 4.69) is 20.6 Å². The van der Waals surface area contributed by atoms with Gasteiger partial charge in [0.15, 0.2) is 5.16 Å². The number of anilines is 2. The van der Waals surface area contributed by atoms with Gasteiger partial charge in [-0.3, -0.25) is 14.4 Å². The summed E-state index contributed by atoms with van der Waals surface area (Å²) in [5, 5.41) is 5.14. The van der Waals surface area contributed by atoms with Crippen molar-refractivity contribution in [3.05, 3.63) is 45.8 Å². The lowest BCUT2D eigenvalue weighted by atomic mass is 9.92. The van der Waals surface area contributed by atoms with Gasteiger partial charge in [-0.2, -0.15) is 0 Å². The van der Waals surface area contributed by atoms with Crippen molar-refractivity contribution in [2.24, 2.45) is 0 Å². The summed E-state index contributed by atoms with van der Waals surface area (Å²) in [6.07, 6.45) is -0.276. The maximum Gasteiger partial charge on any atom is 0.257 e. The van der Waals surface area contributed by atoms with E-state index < -0.39 is 34.9 Å². The van der Waals surface area contributed by atoms with Crippen LogP contribution >= 0.6 is 11.8 Å². The van der Waals surface area contributed by atoms with E-state index in [1.165, 1.54) is 11.8 Å². The number of aromatic nitrogens is 2. The minimum atomic E-state index is -1.12. The van der Waals surface area contributed by atoms with Gasteiger partial charge < -0.3 is 15.6 Å². The maximum atomic E-state index is 13.3. The van der Waals surface area contributed by atoms with Gasteiger partial charge in [-0.25, -0.2) is 13.8 Å². The summed E-state index contributed by atoms with van der Waals surface area (Å²) in [6, 6.07) is 2.54. The fourth-order valence-electron chi connectivity index (χ4n) is 2.64. The van der Waals surface area contributed by atoms with Crippen molar-refractivity contribution < 1.29 is 18.4 Å². The molecule has 3 rings (SSSR count). The van der Waals surface area contributed by atoms with Crippen LogP contribution in [0.1, 0.15) is 24.8 Å². The minimum Gasteiger partial charge on any atom is -0.325 e. The number of amides is 2. The highest BCUT2D eigenvalue weighted by molar-refractivity contribution is 7.99. The van der Waals surface area contributed by atoms with Gasteiger partial charge in [0.25, 0.3) is 5.56 Å². The smallest absolute Gasteiger partial charge is 0.257 e. The first-order chi connectivity index (χ1) is 12.4. The molecular weight excluding hydrogens is 366 g/mol. The lowest BCUT2D eigenvalue weighted by Crippen LogP contribution is -2.36. The summed E-state index contributed by atoms with van der Waals surface area (Å²) in [6.45, 7) is 1.87. The van der Waals surface area contributed by atoms with E-state index in [-0.39, 0.29) is 23.5 Å². The molecule has 1 aromatic carbocycles. The Morgan fingerprint density at radius 3 is 2.65 bits per heavy atom. The molecule has 1 unspecified atom stereocenters. The lowest BCUT2D eigenvalue weighted by Gasteiger charge is -2.23. The molecule has 0 saturated carbocycles. The second kappa shape index (κ2) is 7.24. The third kappa shape index (κ3) is 3.74. The summed E-state index contributed by atoms with van der Waals surface area (Å²) in [5.41, 5.74) is -0.640. The van der Waals surface area contributed by atoms with Crippen molar-refractivity contribution >= 4 is 35.1 Å². The molecule has 0 saturated heterocycles. The van der Waals surface area contributed by atoms with E-state index >= 15 is 0 Å². The second-order valence-electron chi connectivity index (χ2n) is 5.52. The number of H-pyrrole nitrogens is 1. The Labute approximate surface area is 150 Å². The van der Waals surface area contributed by atoms with Crippen molar-refractivity contribution in [3.8, 4) is 0 Å². The number of nitrogens with one attached hydrogen (secondary N) is 3. The topological polar surface area (TPSA) is 104 Å². The van der Waals surface area contributed by atoms with Crippen molar-refractivity contribution in [3.63, 3.8) is 0 Å². The van der Waals surface area contributed by atoms with Gasteiger partial charge in [-0.1, -0.05) is 18.7 Å². The highest BCUT2D eigenvalue weighted by Crippen LogP contribution is 2.30. The fraction of sp³-hybridized carbons (Fsp3) is 0.250. The summed E-state index contributed by atoms with van der Waals surface area (Å²) >= 11 is 1.28. The molecule has 0 aliphatic carbocycles. The monoisotopic (exact) mass is 380 g/mol. The van der Waals surface area contributed by atoms with Crippen LogP contribution in [0.15, 0.2) is 28.2 Å². The van der Waals surface area contributed by atoms with Crippen molar-refractivity contribution in [2.75, 3.05) is 16.4 Å². The molecule has 26 heavy (non-hydrogen) atoms. The van der Waals surface area contributed by atoms with Crippen LogP contribution in [0.3, 0.4) is 0 Å². The first-order valence-corrected chi connectivity index (χ1v) is 8.69. The Kier molecular flexibility index (Phi) is 5.03. The molecule has 1 atom stereocenters. The molecule has 2 aromatic rings. The number of hydrogen-bond acceptors (Lipinski definition) is 5. The van der Waals surface area contributed by atoms with E-state index in [1.54, 1.807) is 0 Å². The average Bonchev–Trinajstić information content (AvgIpc) is 2.52. The Balaban J connectivity index is 1.95. The van der Waals surface area contributed by atoms with Gasteiger partial charge >= 0.3 is 0 Å². The zero-order chi connectivity index (χ0) is 18.8. The van der Waals surface area contributed by atoms with E-state index in [4.69, 9.17) is 0 Å². The van der Waals surface area contributed by atoms with Crippen molar-refractivity contribution in [1.29, 1.82) is 0 Å². The lowest BCUT2D eigenvalue weighted by molar-refractivity contribution is -0.123. The standard InChI is InChI=1S/C16H14F2N4O3S/c1-2-26-16-21-13-12(15(25)22-16)10(6-11(23)20-13)14(24)19-9-4-7(17)3-8(18)5-9/h3-5,10H,2,6H2,1H3,(H,19,24)(H2,20,21,22,23,25). The number of aromatic amines is 1. The van der Waals surface area contributed by atoms with E-state index in [0.717, 1.165) is 12.1 Å². The number of carbonyl (C=O) groups is 2. The van der Waals surface area contributed by atoms with Crippen LogP contribution in [0.25, 0.3) is 0 Å². The van der Waals surface area contributed by atoms with Crippen molar-refractivity contribution in [2.45, 2.75) is 24.4 Å². The fourth-order valence-corrected chi connectivity index (χ4v) is 3.23. The summed E-state index contributed by atoms with van der Waals surface area (Å²) in [7, 11) is 0. The van der Waals surface area contributed by atoms with Crippen LogP contribution in [0.5, 0.6) is 0 Å². The van der Waals surface area contributed by atoms with Crippen LogP contribution in [-0.4, -0.2) is 27.5 Å². The Bertz CT molecular complexity index is 927. The van der Waals surface area contributed by atoms with Gasteiger partial charge in [0.2, 0.25) is 11.8 Å². The molecule has 1 aliphatic heterocycles. The minimum absolute atomic E-state index is 0.0134. The molecule has 0 fully saturated rings. The molecule has 0 radical (unpaired) electrons. The van der Waals surface area contributed by atoms with E-state index in [1.807, 2.05) is 6.92 Å². The summed E-state index contributed by atoms with van der Waals surface area (Å²) in [4.78, 5) is 43.6. The molecule has 0 bridgehead atoms. The number of rotatable bonds is 4. The maximum absolute atomic E-state index is 13.3. The zero-order valence-electron chi connectivity index (χ0n) is 13.6. The Morgan fingerprint density at radius 2 is 2.00 bits per heavy atom. The zero-order valence-corrected chi connectivity index (χ0v) is 14.4. The highest BCUT2D eigenvalue weighted by Gasteiger charge is 2.34. The van der Waals surface area contributed by atoms with Crippen LogP contribution < -0.4 is 16.2 Å². The first kappa shape index (κ1) is 18.1. The van der Waals surface area contributed by atoms with E-state index in [0.29, 0.717) is 17.0 Å². The van der Waals surface area contributed by atoms with Gasteiger partial charge in [0.1, 0.15) is 17.5 Å². The molecule has 2 heterocycles. The number of nitrogens with zero attached hydrogens (tertiary/aromatic N) is 1. The number of benzene rings is 1. The Morgan fingerprint density at radius 1 is 1.31 bits per heavy atom. The highest BCUT2D eigenvalue weighted by atomic mass is 32.2. The molecule has 10 heteroatoms. The summed E-state index contributed by atoms with van der Waals surface area (Å²) < 4.78 is 26.6. The third-order valence-electron chi connectivity index (χ3n) is 3.66. The van der Waals surface area contributed by atoms with Crippen LogP contribution in [0.4, 0.5) is 20.3 Å². The third-order valence-corrected chi connectivity index (χ3v) is 4.41. The number of carbonyl (C=O) groups excluding carboxylic acids is 2. The molecule has 7 nitrogen and oxygen atoms in total. The number of hydrogen-bond donors (Lipinski definition) is 3. The second-order valence-corrected chi connectivity index (χ2v) is 6.77. The quantitative estimate of drug-likeness (QED) is 0.557. The van der Waals surface area contributed by atoms with Gasteiger partial charge in [-0.15, -0.1) is 0 Å². The number of fused-ring (bicyclic) bond motifs is 1. The van der Waals surface area contributed by atoms with Gasteiger partial charge in [-0.05, 0) is 17.9 Å². The molecule has 1 aliphatic rings. The van der Waals surface area contributed by atoms with Crippen LogP contribution in [-0.2, 0) is 9.59 Å². The number of halogens is 2. The molecule has 1 aromatic heterocycles. The van der Waals surface area contributed by atoms with Crippen LogP contribution in [0.2, 0.25) is 0 Å².